The van der Waals surface area contributed by atoms with E-state index in [2.05, 4.69) is 0 Å². The molecule has 19 heavy (non-hydrogen) atoms. The first-order chi connectivity index (χ1) is 9.00. The quantitative estimate of drug-likeness (QED) is 0.887. The number of carbonyl (C=O) groups is 1. The Morgan fingerprint density at radius 3 is 2.89 bits per heavy atom. The maximum atomic E-state index is 10.6. The molecule has 6 heteroatoms. The van der Waals surface area contributed by atoms with E-state index in [4.69, 9.17) is 31.9 Å². The largest absolute Gasteiger partial charge is 0.486 e. The average Bonchev–Trinajstić information content (AvgIpc) is 2.37. The molecule has 1 aromatic rings. The number of hydrogen-bond donors (Lipinski definition) is 2. The lowest BCUT2D eigenvalue weighted by atomic mass is 9.96. The van der Waals surface area contributed by atoms with Crippen molar-refractivity contribution in [1.29, 1.82) is 0 Å². The topological polar surface area (TPSA) is 81.8 Å². The highest BCUT2D eigenvalue weighted by Gasteiger charge is 2.24. The number of benzene rings is 1. The van der Waals surface area contributed by atoms with Gasteiger partial charge in [-0.05, 0) is 18.9 Å². The van der Waals surface area contributed by atoms with Gasteiger partial charge in [-0.1, -0.05) is 11.6 Å². The molecule has 1 atom stereocenters. The van der Waals surface area contributed by atoms with Crippen molar-refractivity contribution in [3.63, 3.8) is 0 Å². The Morgan fingerprint density at radius 1 is 1.53 bits per heavy atom. The van der Waals surface area contributed by atoms with Crippen LogP contribution in [0.15, 0.2) is 6.07 Å². The van der Waals surface area contributed by atoms with Gasteiger partial charge in [-0.15, -0.1) is 0 Å². The molecule has 104 valence electrons. The number of aliphatic carboxylic acids is 1. The summed E-state index contributed by atoms with van der Waals surface area (Å²) in [5, 5.41) is 9.28. The highest BCUT2D eigenvalue weighted by Crippen LogP contribution is 2.42. The fourth-order valence-corrected chi connectivity index (χ4v) is 2.34. The third-order valence-corrected chi connectivity index (χ3v) is 3.51. The van der Waals surface area contributed by atoms with E-state index in [1.807, 2.05) is 6.92 Å². The summed E-state index contributed by atoms with van der Waals surface area (Å²) in [6, 6.07) is 1.27. The molecule has 0 amide bonds. The smallest absolute Gasteiger partial charge is 0.303 e. The van der Waals surface area contributed by atoms with Gasteiger partial charge in [-0.3, -0.25) is 4.79 Å². The lowest BCUT2D eigenvalue weighted by Crippen LogP contribution is -2.21. The van der Waals surface area contributed by atoms with Crippen molar-refractivity contribution in [3.8, 4) is 11.5 Å². The van der Waals surface area contributed by atoms with Gasteiger partial charge in [0.1, 0.15) is 13.2 Å². The second-order valence-electron chi connectivity index (χ2n) is 4.46. The highest BCUT2D eigenvalue weighted by atomic mass is 35.5. The van der Waals surface area contributed by atoms with Crippen LogP contribution in [0.1, 0.15) is 30.0 Å². The third kappa shape index (κ3) is 2.93. The lowest BCUT2D eigenvalue weighted by molar-refractivity contribution is -0.137. The first kappa shape index (κ1) is 14.0. The molecule has 1 aliphatic heterocycles. The van der Waals surface area contributed by atoms with Crippen LogP contribution in [-0.4, -0.2) is 24.3 Å². The van der Waals surface area contributed by atoms with Gasteiger partial charge >= 0.3 is 5.97 Å². The van der Waals surface area contributed by atoms with Crippen molar-refractivity contribution in [2.75, 3.05) is 13.2 Å². The minimum absolute atomic E-state index is 0.00273. The fraction of sp³-hybridized carbons (Fsp3) is 0.462. The van der Waals surface area contributed by atoms with E-state index in [0.29, 0.717) is 36.2 Å². The number of hydrogen-bond acceptors (Lipinski definition) is 4. The molecule has 1 aromatic carbocycles. The van der Waals surface area contributed by atoms with Gasteiger partial charge in [0.25, 0.3) is 0 Å². The molecule has 0 saturated carbocycles. The van der Waals surface area contributed by atoms with Crippen LogP contribution in [-0.2, 0) is 4.79 Å². The van der Waals surface area contributed by atoms with Gasteiger partial charge in [0, 0.05) is 29.1 Å². The third-order valence-electron chi connectivity index (χ3n) is 3.12. The molecule has 0 saturated heterocycles. The molecule has 0 aromatic heterocycles. The highest BCUT2D eigenvalue weighted by molar-refractivity contribution is 6.31. The Morgan fingerprint density at radius 2 is 2.21 bits per heavy atom. The Balaban J connectivity index is 2.37. The molecule has 0 aliphatic carbocycles. The first-order valence-corrected chi connectivity index (χ1v) is 6.44. The molecule has 0 radical (unpaired) electrons. The zero-order valence-corrected chi connectivity index (χ0v) is 11.4. The number of carboxylic acid groups (broad SMARTS) is 1. The first-order valence-electron chi connectivity index (χ1n) is 6.06. The van der Waals surface area contributed by atoms with Gasteiger partial charge in [0.15, 0.2) is 11.5 Å². The molecule has 5 nitrogen and oxygen atoms in total. The summed E-state index contributed by atoms with van der Waals surface area (Å²) in [4.78, 5) is 10.6. The van der Waals surface area contributed by atoms with Gasteiger partial charge in [0.2, 0.25) is 0 Å². The van der Waals surface area contributed by atoms with Crippen LogP contribution < -0.4 is 15.2 Å². The average molecular weight is 286 g/mol. The molecule has 0 bridgehead atoms. The second kappa shape index (κ2) is 5.67. The van der Waals surface area contributed by atoms with Crippen LogP contribution in [0, 0.1) is 6.92 Å². The summed E-state index contributed by atoms with van der Waals surface area (Å²) in [5.41, 5.74) is 7.63. The number of rotatable bonds is 4. The summed E-state index contributed by atoms with van der Waals surface area (Å²) in [6.45, 7) is 2.76. The molecule has 1 unspecified atom stereocenters. The standard InChI is InChI=1S/C13H16ClNO4/c1-7-8(14)6-10-13(19-5-4-18-10)12(7)9(15)2-3-11(16)17/h6,9H,2-5,15H2,1H3,(H,16,17). The van der Waals surface area contributed by atoms with E-state index < -0.39 is 12.0 Å². The van der Waals surface area contributed by atoms with Gasteiger partial charge < -0.3 is 20.3 Å². The van der Waals surface area contributed by atoms with Crippen molar-refractivity contribution in [2.24, 2.45) is 5.73 Å². The monoisotopic (exact) mass is 285 g/mol. The van der Waals surface area contributed by atoms with Crippen molar-refractivity contribution in [1.82, 2.24) is 0 Å². The van der Waals surface area contributed by atoms with Crippen LogP contribution in [0.3, 0.4) is 0 Å². The minimum atomic E-state index is -0.874. The molecular weight excluding hydrogens is 270 g/mol. The SMILES string of the molecule is Cc1c(Cl)cc2c(c1C(N)CCC(=O)O)OCCO2. The fourth-order valence-electron chi connectivity index (χ4n) is 2.14. The zero-order chi connectivity index (χ0) is 14.0. The van der Waals surface area contributed by atoms with Crippen molar-refractivity contribution in [2.45, 2.75) is 25.8 Å². The Kier molecular flexibility index (Phi) is 4.17. The van der Waals surface area contributed by atoms with Crippen molar-refractivity contribution in [3.05, 3.63) is 22.2 Å². The number of nitrogens with two attached hydrogens (primary N) is 1. The van der Waals surface area contributed by atoms with Gasteiger partial charge in [-0.25, -0.2) is 0 Å². The van der Waals surface area contributed by atoms with E-state index >= 15 is 0 Å². The molecular formula is C13H16ClNO4. The van der Waals surface area contributed by atoms with Crippen LogP contribution in [0.2, 0.25) is 5.02 Å². The van der Waals surface area contributed by atoms with Gasteiger partial charge in [-0.2, -0.15) is 0 Å². The maximum Gasteiger partial charge on any atom is 0.303 e. The number of carboxylic acids is 1. The van der Waals surface area contributed by atoms with Crippen LogP contribution in [0.5, 0.6) is 11.5 Å². The summed E-state index contributed by atoms with van der Waals surface area (Å²) >= 11 is 6.15. The Bertz CT molecular complexity index is 504. The van der Waals surface area contributed by atoms with E-state index in [1.165, 1.54) is 0 Å². The number of fused-ring (bicyclic) bond motifs is 1. The zero-order valence-electron chi connectivity index (χ0n) is 10.6. The van der Waals surface area contributed by atoms with E-state index in [-0.39, 0.29) is 6.42 Å². The lowest BCUT2D eigenvalue weighted by Gasteiger charge is -2.25. The molecule has 0 fully saturated rings. The molecule has 3 N–H and O–H groups in total. The van der Waals surface area contributed by atoms with Crippen molar-refractivity contribution >= 4 is 17.6 Å². The summed E-state index contributed by atoms with van der Waals surface area (Å²) in [5.74, 6) is 0.287. The van der Waals surface area contributed by atoms with E-state index in [9.17, 15) is 4.79 Å². The molecule has 2 rings (SSSR count). The predicted octanol–water partition coefficient (Wildman–Crippen LogP) is 2.28. The summed E-state index contributed by atoms with van der Waals surface area (Å²) < 4.78 is 11.1. The molecule has 1 heterocycles. The number of ether oxygens (including phenoxy) is 2. The van der Waals surface area contributed by atoms with Crippen molar-refractivity contribution < 1.29 is 19.4 Å². The summed E-state index contributed by atoms with van der Waals surface area (Å²) in [6.07, 6.45) is 0.328. The van der Waals surface area contributed by atoms with Crippen LogP contribution in [0.25, 0.3) is 0 Å². The summed E-state index contributed by atoms with van der Waals surface area (Å²) in [7, 11) is 0. The Hall–Kier alpha value is -1.46. The van der Waals surface area contributed by atoms with Crippen LogP contribution >= 0.6 is 11.6 Å². The number of halogens is 1. The minimum Gasteiger partial charge on any atom is -0.486 e. The maximum absolute atomic E-state index is 10.6. The van der Waals surface area contributed by atoms with Crippen LogP contribution in [0.4, 0.5) is 0 Å². The van der Waals surface area contributed by atoms with Gasteiger partial charge in [0.05, 0.1) is 0 Å². The second-order valence-corrected chi connectivity index (χ2v) is 4.87. The Labute approximate surface area is 116 Å². The normalized spacial score (nSPS) is 15.1. The molecule has 0 spiro atoms. The predicted molar refractivity (Wildman–Crippen MR) is 71.0 cm³/mol. The van der Waals surface area contributed by atoms with E-state index in [1.54, 1.807) is 6.07 Å². The van der Waals surface area contributed by atoms with E-state index in [0.717, 1.165) is 11.1 Å². The molecule has 1 aliphatic rings.